The number of likely N-dealkylation sites (tertiary alicyclic amines) is 1. The fourth-order valence-corrected chi connectivity index (χ4v) is 6.34. The van der Waals surface area contributed by atoms with Crippen LogP contribution in [0.4, 0.5) is 32.4 Å². The Morgan fingerprint density at radius 2 is 1.80 bits per heavy atom. The molecule has 1 aromatic carbocycles. The molecule has 18 heteroatoms. The first-order valence-electron chi connectivity index (χ1n) is 14.4. The molecule has 4 amide bonds. The van der Waals surface area contributed by atoms with Crippen LogP contribution in [-0.2, 0) is 19.8 Å². The van der Waals surface area contributed by atoms with Gasteiger partial charge in [-0.25, -0.2) is 18.6 Å². The zero-order valence-corrected chi connectivity index (χ0v) is 24.9. The van der Waals surface area contributed by atoms with Crippen LogP contribution in [0.1, 0.15) is 39.5 Å². The molecule has 3 fully saturated rings. The molecule has 5 N–H and O–H groups in total. The van der Waals surface area contributed by atoms with Crippen LogP contribution in [0.25, 0.3) is 11.3 Å². The van der Waals surface area contributed by atoms with Crippen LogP contribution in [0.15, 0.2) is 30.6 Å². The third-order valence-corrected chi connectivity index (χ3v) is 8.89. The number of benzene rings is 1. The number of aromatic nitrogens is 4. The zero-order chi connectivity index (χ0) is 33.1. The lowest BCUT2D eigenvalue weighted by Crippen LogP contribution is -2.54. The highest BCUT2D eigenvalue weighted by atomic mass is 35.5. The van der Waals surface area contributed by atoms with Crippen molar-refractivity contribution in [1.82, 2.24) is 34.9 Å². The summed E-state index contributed by atoms with van der Waals surface area (Å²) in [6.07, 6.45) is -4.50. The van der Waals surface area contributed by atoms with Crippen LogP contribution >= 0.6 is 11.6 Å². The number of alkyl halides is 5. The number of nitrogens with two attached hydrogens (primary N) is 1. The summed E-state index contributed by atoms with van der Waals surface area (Å²) < 4.78 is 68.0. The van der Waals surface area contributed by atoms with Crippen molar-refractivity contribution in [3.8, 4) is 11.3 Å². The molecule has 46 heavy (non-hydrogen) atoms. The van der Waals surface area contributed by atoms with E-state index in [2.05, 4.69) is 26.0 Å². The molecule has 12 nitrogen and oxygen atoms in total. The van der Waals surface area contributed by atoms with E-state index in [1.165, 1.54) is 25.2 Å². The molecule has 6 rings (SSSR count). The summed E-state index contributed by atoms with van der Waals surface area (Å²) in [5.41, 5.74) is 4.05. The third-order valence-electron chi connectivity index (χ3n) is 8.58. The van der Waals surface area contributed by atoms with E-state index in [4.69, 9.17) is 17.3 Å². The number of urea groups is 1. The smallest absolute Gasteiger partial charge is 0.349 e. The minimum atomic E-state index is -4.94. The summed E-state index contributed by atoms with van der Waals surface area (Å²) in [5.74, 6) is -1.20. The first kappa shape index (κ1) is 31.7. The van der Waals surface area contributed by atoms with Gasteiger partial charge < -0.3 is 31.2 Å². The van der Waals surface area contributed by atoms with Gasteiger partial charge in [-0.05, 0) is 31.0 Å². The van der Waals surface area contributed by atoms with Crippen molar-refractivity contribution >= 4 is 35.1 Å². The van der Waals surface area contributed by atoms with Gasteiger partial charge in [0.15, 0.2) is 11.5 Å². The van der Waals surface area contributed by atoms with Gasteiger partial charge in [0.2, 0.25) is 0 Å². The molecule has 3 atom stereocenters. The number of nitrogens with one attached hydrogen (secondary N) is 3. The van der Waals surface area contributed by atoms with E-state index in [1.54, 1.807) is 4.90 Å². The number of imidazole rings is 1. The summed E-state index contributed by atoms with van der Waals surface area (Å²) in [5, 5.41) is 11.8. The molecular weight excluding hydrogens is 641 g/mol. The van der Waals surface area contributed by atoms with Gasteiger partial charge in [0.25, 0.3) is 18.2 Å². The molecule has 3 aromatic rings. The maximum absolute atomic E-state index is 13.6. The Morgan fingerprint density at radius 3 is 2.41 bits per heavy atom. The fraction of sp³-hybridized carbons (Fsp3) is 0.464. The number of carbonyl (C=O) groups is 3. The number of halogens is 6. The first-order chi connectivity index (χ1) is 21.7. The summed E-state index contributed by atoms with van der Waals surface area (Å²) in [7, 11) is 1.30. The summed E-state index contributed by atoms with van der Waals surface area (Å²) in [4.78, 5) is 44.0. The minimum absolute atomic E-state index is 0.0441. The maximum Gasteiger partial charge on any atom is 0.435 e. The number of piperidine rings is 1. The van der Waals surface area contributed by atoms with Gasteiger partial charge in [0, 0.05) is 62.0 Å². The molecular formula is C28H29ClF5N9O3. The number of carbonyl (C=O) groups excluding carboxylic acids is 3. The molecule has 0 unspecified atom stereocenters. The second-order valence-corrected chi connectivity index (χ2v) is 12.2. The Morgan fingerprint density at radius 1 is 1.11 bits per heavy atom. The lowest BCUT2D eigenvalue weighted by Gasteiger charge is -2.34. The van der Waals surface area contributed by atoms with E-state index >= 15 is 0 Å². The summed E-state index contributed by atoms with van der Waals surface area (Å²) in [6.45, 7) is 0.0194. The number of hydrogen-bond acceptors (Lipinski definition) is 6. The lowest BCUT2D eigenvalue weighted by molar-refractivity contribution is -0.141. The number of amides is 4. The Labute approximate surface area is 263 Å². The number of rotatable bonds is 8. The van der Waals surface area contributed by atoms with Crippen LogP contribution in [0.5, 0.6) is 0 Å². The second-order valence-electron chi connectivity index (χ2n) is 11.8. The van der Waals surface area contributed by atoms with Gasteiger partial charge in [-0.1, -0.05) is 11.6 Å². The third kappa shape index (κ3) is 6.25. The SMILES string of the molecule is Cn1c(-c2cn(CC(F)F)nc2C(F)(F)F)cnc1C(=O)Nc1ccc(C(=O)N[C@H]2[C@@H]3CN(C(=O)N[C@H]4C[C@@H](N)C4)C[C@@H]32)c(Cl)c1. The van der Waals surface area contributed by atoms with Crippen molar-refractivity contribution in [2.24, 2.45) is 24.6 Å². The van der Waals surface area contributed by atoms with E-state index in [0.717, 1.165) is 29.8 Å². The van der Waals surface area contributed by atoms with E-state index in [0.29, 0.717) is 17.8 Å². The number of hydrogen-bond donors (Lipinski definition) is 4. The van der Waals surface area contributed by atoms with Gasteiger partial charge >= 0.3 is 12.2 Å². The Balaban J connectivity index is 1.06. The Hall–Kier alpha value is -4.25. The van der Waals surface area contributed by atoms with Crippen molar-refractivity contribution in [2.45, 2.75) is 50.1 Å². The van der Waals surface area contributed by atoms with Crippen molar-refractivity contribution < 1.29 is 36.3 Å². The van der Waals surface area contributed by atoms with E-state index in [-0.39, 0.29) is 63.8 Å². The van der Waals surface area contributed by atoms with Crippen molar-refractivity contribution in [1.29, 1.82) is 0 Å². The first-order valence-corrected chi connectivity index (χ1v) is 14.7. The molecule has 0 spiro atoms. The average Bonchev–Trinajstić information content (AvgIpc) is 3.35. The predicted octanol–water partition coefficient (Wildman–Crippen LogP) is 3.33. The largest absolute Gasteiger partial charge is 0.435 e. The lowest BCUT2D eigenvalue weighted by atomic mass is 9.88. The van der Waals surface area contributed by atoms with Crippen molar-refractivity contribution in [3.63, 3.8) is 0 Å². The van der Waals surface area contributed by atoms with E-state index in [9.17, 15) is 36.3 Å². The predicted molar refractivity (Wildman–Crippen MR) is 154 cm³/mol. The molecule has 0 bridgehead atoms. The normalized spacial score (nSPS) is 23.6. The molecule has 2 aromatic heterocycles. The average molecular weight is 670 g/mol. The van der Waals surface area contributed by atoms with Gasteiger partial charge in [0.1, 0.15) is 6.54 Å². The summed E-state index contributed by atoms with van der Waals surface area (Å²) >= 11 is 6.36. The Kier molecular flexibility index (Phi) is 8.16. The minimum Gasteiger partial charge on any atom is -0.349 e. The van der Waals surface area contributed by atoms with E-state index < -0.39 is 42.2 Å². The van der Waals surface area contributed by atoms with Gasteiger partial charge in [0.05, 0.1) is 28.0 Å². The monoisotopic (exact) mass is 669 g/mol. The highest BCUT2D eigenvalue weighted by Crippen LogP contribution is 2.46. The van der Waals surface area contributed by atoms with Gasteiger partial charge in [-0.3, -0.25) is 14.3 Å². The molecule has 3 aliphatic rings. The van der Waals surface area contributed by atoms with Crippen molar-refractivity contribution in [2.75, 3.05) is 18.4 Å². The molecule has 2 aliphatic carbocycles. The van der Waals surface area contributed by atoms with Crippen LogP contribution < -0.4 is 21.7 Å². The molecule has 1 saturated heterocycles. The molecule has 246 valence electrons. The van der Waals surface area contributed by atoms with Crippen LogP contribution in [-0.4, -0.2) is 79.7 Å². The highest BCUT2D eigenvalue weighted by Gasteiger charge is 2.57. The molecule has 3 heterocycles. The zero-order valence-electron chi connectivity index (χ0n) is 24.2. The summed E-state index contributed by atoms with van der Waals surface area (Å²) in [6, 6.07) is 4.23. The quantitative estimate of drug-likeness (QED) is 0.270. The standard InChI is InChI=1S/C28H29ClF5N9O3/c1-41-20(18-10-43(11-21(30)31)40-23(18)28(32,33)34)7-36-24(41)26(45)37-13-2-3-15(19(29)6-13)25(44)39-22-16-8-42(9-17(16)22)27(46)38-14-4-12(35)5-14/h2-3,6-7,10,12,14,16-17,21-22H,4-5,8-9,11,35H2,1H3,(H,37,45)(H,38,46)(H,39,44)/t12-,14+,16-,17+,22+. The van der Waals surface area contributed by atoms with Gasteiger partial charge in [-0.15, -0.1) is 0 Å². The second kappa shape index (κ2) is 11.8. The number of nitrogens with zero attached hydrogens (tertiary/aromatic N) is 5. The molecule has 1 aliphatic heterocycles. The van der Waals surface area contributed by atoms with Crippen LogP contribution in [0, 0.1) is 11.8 Å². The molecule has 0 radical (unpaired) electrons. The van der Waals surface area contributed by atoms with Crippen molar-refractivity contribution in [3.05, 3.63) is 52.7 Å². The Bertz CT molecular complexity index is 1670. The topological polar surface area (TPSA) is 152 Å². The molecule has 2 saturated carbocycles. The fourth-order valence-electron chi connectivity index (χ4n) is 6.07. The number of fused-ring (bicyclic) bond motifs is 1. The van der Waals surface area contributed by atoms with Crippen LogP contribution in [0.2, 0.25) is 5.02 Å². The highest BCUT2D eigenvalue weighted by molar-refractivity contribution is 6.34. The van der Waals surface area contributed by atoms with E-state index in [1.807, 2.05) is 0 Å². The van der Waals surface area contributed by atoms with Gasteiger partial charge in [-0.2, -0.15) is 18.3 Å². The maximum atomic E-state index is 13.6. The number of anilines is 1. The van der Waals surface area contributed by atoms with Crippen LogP contribution in [0.3, 0.4) is 0 Å².